The molecule has 2 aromatic rings. The number of ether oxygens (including phenoxy) is 3. The second kappa shape index (κ2) is 11.7. The number of methoxy groups -OCH3 is 3. The fourth-order valence-corrected chi connectivity index (χ4v) is 2.88. The van der Waals surface area contributed by atoms with Gasteiger partial charge in [0.15, 0.2) is 11.5 Å². The van der Waals surface area contributed by atoms with Gasteiger partial charge in [-0.05, 0) is 24.3 Å². The van der Waals surface area contributed by atoms with Crippen LogP contribution in [0.1, 0.15) is 20.7 Å². The van der Waals surface area contributed by atoms with Gasteiger partial charge >= 0.3 is 0 Å². The lowest BCUT2D eigenvalue weighted by molar-refractivity contribution is -0.120. The van der Waals surface area contributed by atoms with Crippen LogP contribution in [0.15, 0.2) is 36.4 Å². The van der Waals surface area contributed by atoms with Crippen molar-refractivity contribution in [2.45, 2.75) is 0 Å². The number of hydrogen-bond acceptors (Lipinski definition) is 6. The van der Waals surface area contributed by atoms with Crippen LogP contribution in [-0.4, -0.2) is 58.7 Å². The Balaban J connectivity index is 1.80. The highest BCUT2D eigenvalue weighted by Gasteiger charge is 2.17. The predicted molar refractivity (Wildman–Crippen MR) is 115 cm³/mol. The number of rotatable bonds is 10. The molecule has 0 aromatic heterocycles. The van der Waals surface area contributed by atoms with Gasteiger partial charge in [-0.25, -0.2) is 0 Å². The molecule has 0 atom stereocenters. The lowest BCUT2D eigenvalue weighted by Gasteiger charge is -2.14. The molecule has 0 saturated heterocycles. The largest absolute Gasteiger partial charge is 0.493 e. The molecule has 3 N–H and O–H groups in total. The molecule has 166 valence electrons. The Hall–Kier alpha value is -3.46. The highest BCUT2D eigenvalue weighted by atomic mass is 35.5. The Morgan fingerprint density at radius 3 is 2.03 bits per heavy atom. The smallest absolute Gasteiger partial charge is 0.252 e. The third-order valence-electron chi connectivity index (χ3n) is 4.19. The first kappa shape index (κ1) is 23.8. The van der Waals surface area contributed by atoms with Crippen molar-refractivity contribution >= 4 is 29.3 Å². The van der Waals surface area contributed by atoms with E-state index in [1.54, 1.807) is 24.3 Å². The summed E-state index contributed by atoms with van der Waals surface area (Å²) in [6, 6.07) is 9.63. The molecule has 0 aliphatic rings. The molecule has 10 heteroatoms. The van der Waals surface area contributed by atoms with E-state index >= 15 is 0 Å². The zero-order chi connectivity index (χ0) is 22.8. The number of carbonyl (C=O) groups is 3. The average molecular weight is 450 g/mol. The van der Waals surface area contributed by atoms with Crippen LogP contribution in [0.5, 0.6) is 17.2 Å². The SMILES string of the molecule is COc1cc(C(=O)NCC(=O)NCCNC(=O)c2ccccc2Cl)cc(OC)c1OC. The van der Waals surface area contributed by atoms with Gasteiger partial charge in [0.05, 0.1) is 38.5 Å². The van der Waals surface area contributed by atoms with Gasteiger partial charge in [-0.1, -0.05) is 23.7 Å². The van der Waals surface area contributed by atoms with Crippen LogP contribution in [0.3, 0.4) is 0 Å². The summed E-state index contributed by atoms with van der Waals surface area (Å²) < 4.78 is 15.6. The monoisotopic (exact) mass is 449 g/mol. The van der Waals surface area contributed by atoms with Crippen LogP contribution in [0.2, 0.25) is 5.02 Å². The maximum atomic E-state index is 12.4. The molecule has 0 bridgehead atoms. The molecule has 0 unspecified atom stereocenters. The summed E-state index contributed by atoms with van der Waals surface area (Å²) in [7, 11) is 4.34. The molecule has 31 heavy (non-hydrogen) atoms. The average Bonchev–Trinajstić information content (AvgIpc) is 2.79. The number of nitrogens with one attached hydrogen (secondary N) is 3. The van der Waals surface area contributed by atoms with Crippen LogP contribution in [0, 0.1) is 0 Å². The molecule has 0 radical (unpaired) electrons. The van der Waals surface area contributed by atoms with E-state index in [0.717, 1.165) is 0 Å². The second-order valence-electron chi connectivity index (χ2n) is 6.18. The molecule has 0 aliphatic heterocycles. The Morgan fingerprint density at radius 1 is 0.839 bits per heavy atom. The summed E-state index contributed by atoms with van der Waals surface area (Å²) in [6.45, 7) is 0.152. The number of benzene rings is 2. The summed E-state index contributed by atoms with van der Waals surface area (Å²) in [6.07, 6.45) is 0. The second-order valence-corrected chi connectivity index (χ2v) is 6.59. The molecule has 0 fully saturated rings. The number of halogens is 1. The molecule has 0 saturated carbocycles. The summed E-state index contributed by atoms with van der Waals surface area (Å²) >= 11 is 5.97. The van der Waals surface area contributed by atoms with Gasteiger partial charge in [0.1, 0.15) is 0 Å². The van der Waals surface area contributed by atoms with Crippen molar-refractivity contribution in [3.8, 4) is 17.2 Å². The first-order valence-electron chi connectivity index (χ1n) is 9.28. The van der Waals surface area contributed by atoms with Gasteiger partial charge in [-0.3, -0.25) is 14.4 Å². The first-order valence-corrected chi connectivity index (χ1v) is 9.66. The van der Waals surface area contributed by atoms with E-state index in [1.165, 1.54) is 33.5 Å². The quantitative estimate of drug-likeness (QED) is 0.475. The summed E-state index contributed by atoms with van der Waals surface area (Å²) in [5, 5.41) is 8.12. The van der Waals surface area contributed by atoms with Crippen molar-refractivity contribution in [1.82, 2.24) is 16.0 Å². The number of carbonyl (C=O) groups excluding carboxylic acids is 3. The Bertz CT molecular complexity index is 925. The van der Waals surface area contributed by atoms with Crippen molar-refractivity contribution in [2.24, 2.45) is 0 Å². The van der Waals surface area contributed by atoms with Gasteiger partial charge < -0.3 is 30.2 Å². The standard InChI is InChI=1S/C21H24ClN3O6/c1-29-16-10-13(11-17(30-2)19(16)31-3)20(27)25-12-18(26)23-8-9-24-21(28)14-6-4-5-7-15(14)22/h4-7,10-11H,8-9,12H2,1-3H3,(H,23,26)(H,24,28)(H,25,27). The molecule has 0 aliphatic carbocycles. The van der Waals surface area contributed by atoms with Crippen LogP contribution < -0.4 is 30.2 Å². The molecule has 2 rings (SSSR count). The van der Waals surface area contributed by atoms with Gasteiger partial charge in [0.2, 0.25) is 11.7 Å². The van der Waals surface area contributed by atoms with E-state index in [-0.39, 0.29) is 31.1 Å². The maximum absolute atomic E-state index is 12.4. The summed E-state index contributed by atoms with van der Waals surface area (Å²) in [5.41, 5.74) is 0.599. The van der Waals surface area contributed by atoms with Crippen molar-refractivity contribution < 1.29 is 28.6 Å². The molecular weight excluding hydrogens is 426 g/mol. The van der Waals surface area contributed by atoms with Crippen LogP contribution in [-0.2, 0) is 4.79 Å². The van der Waals surface area contributed by atoms with E-state index < -0.39 is 11.8 Å². The van der Waals surface area contributed by atoms with Gasteiger partial charge in [0.25, 0.3) is 11.8 Å². The zero-order valence-corrected chi connectivity index (χ0v) is 18.2. The van der Waals surface area contributed by atoms with E-state index in [9.17, 15) is 14.4 Å². The van der Waals surface area contributed by atoms with Crippen molar-refractivity contribution in [3.05, 3.63) is 52.5 Å². The van der Waals surface area contributed by atoms with Gasteiger partial charge in [-0.15, -0.1) is 0 Å². The fraction of sp³-hybridized carbons (Fsp3) is 0.286. The molecule has 9 nitrogen and oxygen atoms in total. The van der Waals surface area contributed by atoms with Crippen LogP contribution in [0.4, 0.5) is 0 Å². The lowest BCUT2D eigenvalue weighted by Crippen LogP contribution is -2.40. The minimum atomic E-state index is -0.485. The predicted octanol–water partition coefficient (Wildman–Crippen LogP) is 1.64. The van der Waals surface area contributed by atoms with Crippen molar-refractivity contribution in [3.63, 3.8) is 0 Å². The Morgan fingerprint density at radius 2 is 1.45 bits per heavy atom. The number of hydrogen-bond donors (Lipinski definition) is 3. The third kappa shape index (κ3) is 6.51. The molecule has 0 heterocycles. The van der Waals surface area contributed by atoms with Crippen molar-refractivity contribution in [1.29, 1.82) is 0 Å². The maximum Gasteiger partial charge on any atom is 0.252 e. The third-order valence-corrected chi connectivity index (χ3v) is 4.52. The minimum Gasteiger partial charge on any atom is -0.493 e. The number of amides is 3. The van der Waals surface area contributed by atoms with Gasteiger partial charge in [0, 0.05) is 18.7 Å². The van der Waals surface area contributed by atoms with E-state index in [1.807, 2.05) is 0 Å². The van der Waals surface area contributed by atoms with Crippen molar-refractivity contribution in [2.75, 3.05) is 41.0 Å². The first-order chi connectivity index (χ1) is 14.9. The van der Waals surface area contributed by atoms with E-state index in [2.05, 4.69) is 16.0 Å². The highest BCUT2D eigenvalue weighted by Crippen LogP contribution is 2.38. The zero-order valence-electron chi connectivity index (χ0n) is 17.4. The van der Waals surface area contributed by atoms with Crippen LogP contribution >= 0.6 is 11.6 Å². The lowest BCUT2D eigenvalue weighted by atomic mass is 10.1. The normalized spacial score (nSPS) is 10.1. The Kier molecular flexibility index (Phi) is 8.95. The van der Waals surface area contributed by atoms with Gasteiger partial charge in [-0.2, -0.15) is 0 Å². The topological polar surface area (TPSA) is 115 Å². The Labute approximate surface area is 185 Å². The fourth-order valence-electron chi connectivity index (χ4n) is 2.66. The molecular formula is C21H24ClN3O6. The molecule has 0 spiro atoms. The van der Waals surface area contributed by atoms with E-state index in [4.69, 9.17) is 25.8 Å². The highest BCUT2D eigenvalue weighted by molar-refractivity contribution is 6.33. The van der Waals surface area contributed by atoms with E-state index in [0.29, 0.717) is 27.8 Å². The summed E-state index contributed by atoms with van der Waals surface area (Å²) in [5.74, 6) is -0.223. The molecule has 3 amide bonds. The van der Waals surface area contributed by atoms with Crippen LogP contribution in [0.25, 0.3) is 0 Å². The summed E-state index contributed by atoms with van der Waals surface area (Å²) in [4.78, 5) is 36.4. The minimum absolute atomic E-state index is 0.190. The molecule has 2 aromatic carbocycles.